The van der Waals surface area contributed by atoms with Crippen molar-refractivity contribution < 1.29 is 14.7 Å². The SMILES string of the molecule is O=C(NO)c1ccc(Cc2c(CN3CCOCC3)[nH]c3c2C=CCC3)cc1. The Morgan fingerprint density at radius 3 is 2.74 bits per heavy atom. The number of hydroxylamine groups is 1. The maximum absolute atomic E-state index is 11.5. The van der Waals surface area contributed by atoms with Crippen molar-refractivity contribution in [3.63, 3.8) is 0 Å². The number of aromatic amines is 1. The summed E-state index contributed by atoms with van der Waals surface area (Å²) in [4.78, 5) is 17.6. The van der Waals surface area contributed by atoms with Gasteiger partial charge in [-0.15, -0.1) is 0 Å². The minimum absolute atomic E-state index is 0.450. The van der Waals surface area contributed by atoms with E-state index in [0.29, 0.717) is 5.56 Å². The molecular formula is C21H25N3O3. The molecule has 3 N–H and O–H groups in total. The third-order valence-electron chi connectivity index (χ3n) is 5.35. The number of aromatic nitrogens is 1. The van der Waals surface area contributed by atoms with Crippen LogP contribution in [0.1, 0.15) is 44.9 Å². The molecular weight excluding hydrogens is 342 g/mol. The van der Waals surface area contributed by atoms with Crippen LogP contribution in [0, 0.1) is 0 Å². The Labute approximate surface area is 158 Å². The molecule has 1 aromatic heterocycles. The normalized spacial score (nSPS) is 16.9. The van der Waals surface area contributed by atoms with Crippen molar-refractivity contribution in [3.05, 3.63) is 64.0 Å². The Morgan fingerprint density at radius 2 is 2.00 bits per heavy atom. The van der Waals surface area contributed by atoms with E-state index in [1.54, 1.807) is 17.6 Å². The van der Waals surface area contributed by atoms with Crippen LogP contribution in [0.4, 0.5) is 0 Å². The van der Waals surface area contributed by atoms with Crippen LogP contribution in [-0.4, -0.2) is 47.3 Å². The van der Waals surface area contributed by atoms with Crippen molar-refractivity contribution in [2.45, 2.75) is 25.8 Å². The number of hydrogen-bond donors (Lipinski definition) is 3. The van der Waals surface area contributed by atoms with Crippen LogP contribution in [0.3, 0.4) is 0 Å². The number of benzene rings is 1. The lowest BCUT2D eigenvalue weighted by molar-refractivity contribution is 0.0336. The summed E-state index contributed by atoms with van der Waals surface area (Å²) in [5, 5.41) is 8.76. The number of nitrogens with zero attached hydrogens (tertiary/aromatic N) is 1. The van der Waals surface area contributed by atoms with Gasteiger partial charge in [0, 0.05) is 36.6 Å². The number of fused-ring (bicyclic) bond motifs is 1. The van der Waals surface area contributed by atoms with Crippen LogP contribution >= 0.6 is 0 Å². The Bertz CT molecular complexity index is 833. The number of carbonyl (C=O) groups is 1. The molecule has 4 rings (SSSR count). The Hall–Kier alpha value is -2.41. The molecule has 0 atom stereocenters. The average molecular weight is 367 g/mol. The molecule has 0 unspecified atom stereocenters. The molecule has 1 saturated heterocycles. The molecule has 6 nitrogen and oxygen atoms in total. The number of morpholine rings is 1. The van der Waals surface area contributed by atoms with Gasteiger partial charge in [-0.3, -0.25) is 14.9 Å². The van der Waals surface area contributed by atoms with Crippen molar-refractivity contribution in [2.24, 2.45) is 0 Å². The number of aryl methyl sites for hydroxylation is 1. The lowest BCUT2D eigenvalue weighted by atomic mass is 9.95. The largest absolute Gasteiger partial charge is 0.379 e. The first-order valence-electron chi connectivity index (χ1n) is 9.47. The topological polar surface area (TPSA) is 77.6 Å². The molecule has 6 heteroatoms. The van der Waals surface area contributed by atoms with Gasteiger partial charge < -0.3 is 9.72 Å². The van der Waals surface area contributed by atoms with E-state index in [1.165, 1.54) is 22.5 Å². The van der Waals surface area contributed by atoms with Crippen LogP contribution in [0.5, 0.6) is 0 Å². The lowest BCUT2D eigenvalue weighted by Gasteiger charge is -2.26. The minimum atomic E-state index is -0.489. The van der Waals surface area contributed by atoms with Gasteiger partial charge in [0.1, 0.15) is 0 Å². The number of rotatable bonds is 5. The summed E-state index contributed by atoms with van der Waals surface area (Å²) in [6, 6.07) is 7.40. The average Bonchev–Trinajstić information content (AvgIpc) is 3.06. The molecule has 1 aliphatic heterocycles. The number of allylic oxidation sites excluding steroid dienone is 1. The highest BCUT2D eigenvalue weighted by Gasteiger charge is 2.20. The van der Waals surface area contributed by atoms with Gasteiger partial charge in [-0.25, -0.2) is 5.48 Å². The fourth-order valence-corrected chi connectivity index (χ4v) is 3.86. The highest BCUT2D eigenvalue weighted by Crippen LogP contribution is 2.29. The van der Waals surface area contributed by atoms with E-state index in [-0.39, 0.29) is 0 Å². The monoisotopic (exact) mass is 367 g/mol. The van der Waals surface area contributed by atoms with Gasteiger partial charge in [-0.1, -0.05) is 24.3 Å². The zero-order valence-electron chi connectivity index (χ0n) is 15.3. The standard InChI is InChI=1S/C21H25N3O3/c25-21(23-26)16-7-5-15(6-8-16)13-18-17-3-1-2-4-19(17)22-20(18)14-24-9-11-27-12-10-24/h1,3,5-8,22,26H,2,4,9-14H2,(H,23,25). The highest BCUT2D eigenvalue weighted by atomic mass is 16.5. The van der Waals surface area contributed by atoms with Crippen LogP contribution in [-0.2, 0) is 24.1 Å². The first-order valence-corrected chi connectivity index (χ1v) is 9.47. The van der Waals surface area contributed by atoms with E-state index in [2.05, 4.69) is 22.0 Å². The lowest BCUT2D eigenvalue weighted by Crippen LogP contribution is -2.36. The van der Waals surface area contributed by atoms with Crippen molar-refractivity contribution >= 4 is 12.0 Å². The van der Waals surface area contributed by atoms with E-state index in [0.717, 1.165) is 57.7 Å². The van der Waals surface area contributed by atoms with Crippen molar-refractivity contribution in [3.8, 4) is 0 Å². The van der Waals surface area contributed by atoms with Gasteiger partial charge in [-0.2, -0.15) is 0 Å². The highest BCUT2D eigenvalue weighted by molar-refractivity contribution is 5.93. The van der Waals surface area contributed by atoms with Crippen LogP contribution in [0.2, 0.25) is 0 Å². The van der Waals surface area contributed by atoms with E-state index in [9.17, 15) is 4.79 Å². The first-order chi connectivity index (χ1) is 13.2. The smallest absolute Gasteiger partial charge is 0.274 e. The predicted octanol–water partition coefficient (Wildman–Crippen LogP) is 2.52. The van der Waals surface area contributed by atoms with E-state index >= 15 is 0 Å². The molecule has 1 amide bonds. The second kappa shape index (κ2) is 8.08. The van der Waals surface area contributed by atoms with Crippen LogP contribution in [0.25, 0.3) is 6.08 Å². The summed E-state index contributed by atoms with van der Waals surface area (Å²) in [6.07, 6.45) is 7.43. The van der Waals surface area contributed by atoms with E-state index < -0.39 is 5.91 Å². The minimum Gasteiger partial charge on any atom is -0.379 e. The molecule has 2 heterocycles. The second-order valence-corrected chi connectivity index (χ2v) is 7.12. The fraction of sp³-hybridized carbons (Fsp3) is 0.381. The van der Waals surface area contributed by atoms with Crippen LogP contribution in [0.15, 0.2) is 30.3 Å². The number of hydrogen-bond acceptors (Lipinski definition) is 4. The van der Waals surface area contributed by atoms with Crippen molar-refractivity contribution in [2.75, 3.05) is 26.3 Å². The summed E-state index contributed by atoms with van der Waals surface area (Å²) in [6.45, 7) is 4.42. The third kappa shape index (κ3) is 3.98. The molecule has 0 bridgehead atoms. The second-order valence-electron chi connectivity index (χ2n) is 7.12. The van der Waals surface area contributed by atoms with Crippen LogP contribution < -0.4 is 5.48 Å². The van der Waals surface area contributed by atoms with Gasteiger partial charge in [0.25, 0.3) is 5.91 Å². The summed E-state index contributed by atoms with van der Waals surface area (Å²) in [5.74, 6) is -0.489. The van der Waals surface area contributed by atoms with Gasteiger partial charge in [0.15, 0.2) is 0 Å². The number of ether oxygens (including phenoxy) is 1. The van der Waals surface area contributed by atoms with Crippen molar-refractivity contribution in [1.29, 1.82) is 0 Å². The maximum atomic E-state index is 11.5. The van der Waals surface area contributed by atoms with Gasteiger partial charge >= 0.3 is 0 Å². The zero-order valence-corrected chi connectivity index (χ0v) is 15.3. The summed E-state index contributed by atoms with van der Waals surface area (Å²) in [7, 11) is 0. The first kappa shape index (κ1) is 18.0. The molecule has 27 heavy (non-hydrogen) atoms. The Morgan fingerprint density at radius 1 is 1.22 bits per heavy atom. The Kier molecular flexibility index (Phi) is 5.38. The molecule has 2 aliphatic rings. The molecule has 1 aliphatic carbocycles. The quantitative estimate of drug-likeness (QED) is 0.561. The fourth-order valence-electron chi connectivity index (χ4n) is 3.86. The number of nitrogens with one attached hydrogen (secondary N) is 2. The predicted molar refractivity (Wildman–Crippen MR) is 103 cm³/mol. The molecule has 0 spiro atoms. The number of carbonyl (C=O) groups excluding carboxylic acids is 1. The van der Waals surface area contributed by atoms with Crippen molar-refractivity contribution in [1.82, 2.24) is 15.4 Å². The third-order valence-corrected chi connectivity index (χ3v) is 5.35. The Balaban J connectivity index is 1.59. The van der Waals surface area contributed by atoms with E-state index in [4.69, 9.17) is 9.94 Å². The molecule has 2 aromatic rings. The summed E-state index contributed by atoms with van der Waals surface area (Å²) >= 11 is 0. The molecule has 142 valence electrons. The van der Waals surface area contributed by atoms with E-state index in [1.807, 2.05) is 12.1 Å². The molecule has 1 fully saturated rings. The zero-order chi connectivity index (χ0) is 18.6. The van der Waals surface area contributed by atoms with Gasteiger partial charge in [-0.05, 0) is 48.1 Å². The molecule has 0 radical (unpaired) electrons. The van der Waals surface area contributed by atoms with Gasteiger partial charge in [0.2, 0.25) is 0 Å². The summed E-state index contributed by atoms with van der Waals surface area (Å²) < 4.78 is 5.47. The number of amides is 1. The van der Waals surface area contributed by atoms with Gasteiger partial charge in [0.05, 0.1) is 13.2 Å². The molecule has 0 saturated carbocycles. The number of H-pyrrole nitrogens is 1. The molecule has 1 aromatic carbocycles. The maximum Gasteiger partial charge on any atom is 0.274 e. The summed E-state index contributed by atoms with van der Waals surface area (Å²) in [5.41, 5.74) is 8.54.